The van der Waals surface area contributed by atoms with Crippen molar-refractivity contribution in [3.63, 3.8) is 0 Å². The molecule has 0 bridgehead atoms. The van der Waals surface area contributed by atoms with E-state index >= 15 is 0 Å². The number of hydrogen-bond acceptors (Lipinski definition) is 4. The molecule has 0 aromatic heterocycles. The van der Waals surface area contributed by atoms with Crippen molar-refractivity contribution in [3.8, 4) is 0 Å². The van der Waals surface area contributed by atoms with Gasteiger partial charge in [0, 0.05) is 13.1 Å². The van der Waals surface area contributed by atoms with Gasteiger partial charge in [0.2, 0.25) is 11.8 Å². The number of anilines is 1. The average Bonchev–Trinajstić information content (AvgIpc) is 2.90. The lowest BCUT2D eigenvalue weighted by atomic mass is 10.1. The van der Waals surface area contributed by atoms with Crippen LogP contribution in [0.4, 0.5) is 5.69 Å². The van der Waals surface area contributed by atoms with Gasteiger partial charge in [-0.2, -0.15) is 0 Å². The number of unbranched alkanes of at least 4 members (excludes halogenated alkanes) is 1. The molecule has 3 aromatic rings. The van der Waals surface area contributed by atoms with Gasteiger partial charge in [0.15, 0.2) is 0 Å². The van der Waals surface area contributed by atoms with E-state index in [0.717, 1.165) is 39.4 Å². The second kappa shape index (κ2) is 13.4. The summed E-state index contributed by atoms with van der Waals surface area (Å²) >= 11 is 0. The van der Waals surface area contributed by atoms with Crippen LogP contribution in [-0.2, 0) is 26.2 Å². The Bertz CT molecular complexity index is 1390. The Balaban J connectivity index is 2.01. The molecular weight excluding hydrogens is 510 g/mol. The van der Waals surface area contributed by atoms with Crippen molar-refractivity contribution < 1.29 is 18.0 Å². The SMILES string of the molecule is CCCCNC(=O)[C@H](C)N(Cc1cccc(C)c1)C(=O)CN(c1ccccc1C)S(=O)(=O)c1ccc(C)cc1. The zero-order valence-corrected chi connectivity index (χ0v) is 24.3. The van der Waals surface area contributed by atoms with Crippen LogP contribution in [0, 0.1) is 20.8 Å². The summed E-state index contributed by atoms with van der Waals surface area (Å²) in [5.41, 5.74) is 3.96. The minimum Gasteiger partial charge on any atom is -0.354 e. The molecule has 208 valence electrons. The Labute approximate surface area is 232 Å². The number of hydrogen-bond donors (Lipinski definition) is 1. The Morgan fingerprint density at radius 3 is 2.23 bits per heavy atom. The van der Waals surface area contributed by atoms with Gasteiger partial charge in [0.1, 0.15) is 12.6 Å². The van der Waals surface area contributed by atoms with E-state index < -0.39 is 28.5 Å². The first-order valence-corrected chi connectivity index (χ1v) is 14.8. The normalized spacial score (nSPS) is 12.0. The summed E-state index contributed by atoms with van der Waals surface area (Å²) in [6, 6.07) is 20.6. The van der Waals surface area contributed by atoms with Crippen molar-refractivity contribution in [2.75, 3.05) is 17.4 Å². The molecule has 1 N–H and O–H groups in total. The molecule has 0 radical (unpaired) electrons. The number of sulfonamides is 1. The molecule has 0 aliphatic heterocycles. The Morgan fingerprint density at radius 2 is 1.59 bits per heavy atom. The molecule has 0 saturated heterocycles. The molecule has 2 amide bonds. The Morgan fingerprint density at radius 1 is 0.897 bits per heavy atom. The van der Waals surface area contributed by atoms with Crippen molar-refractivity contribution in [1.82, 2.24) is 10.2 Å². The van der Waals surface area contributed by atoms with E-state index in [1.54, 1.807) is 43.3 Å². The Hall–Kier alpha value is -3.65. The molecular formula is C31H39N3O4S. The highest BCUT2D eigenvalue weighted by Crippen LogP contribution is 2.27. The second-order valence-electron chi connectivity index (χ2n) is 9.94. The number of benzene rings is 3. The van der Waals surface area contributed by atoms with Gasteiger partial charge in [0.25, 0.3) is 10.0 Å². The molecule has 1 atom stereocenters. The third-order valence-electron chi connectivity index (χ3n) is 6.70. The van der Waals surface area contributed by atoms with Crippen LogP contribution in [0.1, 0.15) is 48.9 Å². The minimum absolute atomic E-state index is 0.0970. The lowest BCUT2D eigenvalue weighted by Gasteiger charge is -2.32. The molecule has 0 heterocycles. The summed E-state index contributed by atoms with van der Waals surface area (Å²) in [7, 11) is -4.08. The molecule has 7 nitrogen and oxygen atoms in total. The van der Waals surface area contributed by atoms with Crippen LogP contribution < -0.4 is 9.62 Å². The highest BCUT2D eigenvalue weighted by Gasteiger charge is 2.33. The molecule has 0 aliphatic rings. The van der Waals surface area contributed by atoms with Crippen LogP contribution in [-0.4, -0.2) is 44.3 Å². The van der Waals surface area contributed by atoms with E-state index in [4.69, 9.17) is 0 Å². The summed E-state index contributed by atoms with van der Waals surface area (Å²) in [4.78, 5) is 28.6. The van der Waals surface area contributed by atoms with Crippen LogP contribution >= 0.6 is 0 Å². The molecule has 8 heteroatoms. The van der Waals surface area contributed by atoms with Gasteiger partial charge >= 0.3 is 0 Å². The third-order valence-corrected chi connectivity index (χ3v) is 8.48. The van der Waals surface area contributed by atoms with Gasteiger partial charge < -0.3 is 10.2 Å². The number of nitrogens with one attached hydrogen (secondary N) is 1. The highest BCUT2D eigenvalue weighted by atomic mass is 32.2. The minimum atomic E-state index is -4.08. The van der Waals surface area contributed by atoms with Crippen LogP contribution in [0.25, 0.3) is 0 Å². The molecule has 0 aliphatic carbocycles. The number of para-hydroxylation sites is 1. The van der Waals surface area contributed by atoms with Crippen LogP contribution in [0.5, 0.6) is 0 Å². The average molecular weight is 550 g/mol. The maximum absolute atomic E-state index is 14.0. The van der Waals surface area contributed by atoms with Crippen molar-refractivity contribution in [2.24, 2.45) is 0 Å². The van der Waals surface area contributed by atoms with E-state index in [-0.39, 0.29) is 17.3 Å². The summed E-state index contributed by atoms with van der Waals surface area (Å²) < 4.78 is 29.0. The second-order valence-corrected chi connectivity index (χ2v) is 11.8. The predicted octanol–water partition coefficient (Wildman–Crippen LogP) is 5.14. The van der Waals surface area contributed by atoms with Gasteiger partial charge in [-0.25, -0.2) is 8.42 Å². The summed E-state index contributed by atoms with van der Waals surface area (Å²) in [5.74, 6) is -0.734. The summed E-state index contributed by atoms with van der Waals surface area (Å²) in [5, 5.41) is 2.91. The van der Waals surface area contributed by atoms with E-state index in [1.165, 1.54) is 4.90 Å². The van der Waals surface area contributed by atoms with E-state index in [0.29, 0.717) is 12.2 Å². The molecule has 3 aromatic carbocycles. The molecule has 0 fully saturated rings. The predicted molar refractivity (Wildman–Crippen MR) is 156 cm³/mol. The van der Waals surface area contributed by atoms with Crippen LogP contribution in [0.15, 0.2) is 77.7 Å². The number of rotatable bonds is 12. The van der Waals surface area contributed by atoms with Crippen molar-refractivity contribution >= 4 is 27.5 Å². The molecule has 3 rings (SSSR count). The van der Waals surface area contributed by atoms with Gasteiger partial charge in [0.05, 0.1) is 10.6 Å². The largest absolute Gasteiger partial charge is 0.354 e. The standard InChI is InChI=1S/C31H39N3O4S/c1-6-7-19-32-31(36)26(5)33(21-27-13-10-11-24(3)20-27)30(35)22-34(29-14-9-8-12-25(29)4)39(37,38)28-17-15-23(2)16-18-28/h8-18,20,26H,6-7,19,21-22H2,1-5H3,(H,32,36)/t26-/m0/s1. The van der Waals surface area contributed by atoms with Gasteiger partial charge in [-0.3, -0.25) is 13.9 Å². The first-order chi connectivity index (χ1) is 18.5. The third kappa shape index (κ3) is 7.69. The summed E-state index contributed by atoms with van der Waals surface area (Å²) in [6.07, 6.45) is 1.77. The molecule has 0 spiro atoms. The fraction of sp³-hybridized carbons (Fsp3) is 0.355. The number of carbonyl (C=O) groups excluding carboxylic acids is 2. The van der Waals surface area contributed by atoms with Gasteiger partial charge in [-0.1, -0.05) is 79.1 Å². The quantitative estimate of drug-likeness (QED) is 0.317. The fourth-order valence-electron chi connectivity index (χ4n) is 4.32. The van der Waals surface area contributed by atoms with Gasteiger partial charge in [-0.05, 0) is 63.4 Å². The van der Waals surface area contributed by atoms with Crippen LogP contribution in [0.3, 0.4) is 0 Å². The zero-order valence-electron chi connectivity index (χ0n) is 23.5. The summed E-state index contributed by atoms with van der Waals surface area (Å²) in [6.45, 7) is 9.63. The van der Waals surface area contributed by atoms with Gasteiger partial charge in [-0.15, -0.1) is 0 Å². The number of carbonyl (C=O) groups is 2. The maximum Gasteiger partial charge on any atom is 0.264 e. The Kier molecular flexibility index (Phi) is 10.3. The zero-order chi connectivity index (χ0) is 28.6. The molecule has 39 heavy (non-hydrogen) atoms. The number of amides is 2. The first-order valence-electron chi connectivity index (χ1n) is 13.3. The lowest BCUT2D eigenvalue weighted by molar-refractivity contribution is -0.139. The molecule has 0 unspecified atom stereocenters. The number of aryl methyl sites for hydroxylation is 3. The smallest absolute Gasteiger partial charge is 0.264 e. The van der Waals surface area contributed by atoms with Crippen LogP contribution in [0.2, 0.25) is 0 Å². The van der Waals surface area contributed by atoms with E-state index in [2.05, 4.69) is 5.32 Å². The van der Waals surface area contributed by atoms with Crippen molar-refractivity contribution in [3.05, 3.63) is 95.1 Å². The molecule has 0 saturated carbocycles. The van der Waals surface area contributed by atoms with E-state index in [1.807, 2.05) is 64.1 Å². The number of nitrogens with zero attached hydrogens (tertiary/aromatic N) is 2. The van der Waals surface area contributed by atoms with Crippen molar-refractivity contribution in [2.45, 2.75) is 64.9 Å². The highest BCUT2D eigenvalue weighted by molar-refractivity contribution is 7.92. The fourth-order valence-corrected chi connectivity index (χ4v) is 5.80. The van der Waals surface area contributed by atoms with E-state index in [9.17, 15) is 18.0 Å². The maximum atomic E-state index is 14.0. The first kappa shape index (κ1) is 29.9. The topological polar surface area (TPSA) is 86.8 Å². The van der Waals surface area contributed by atoms with Crippen molar-refractivity contribution in [1.29, 1.82) is 0 Å². The lowest BCUT2D eigenvalue weighted by Crippen LogP contribution is -2.51. The monoisotopic (exact) mass is 549 g/mol.